The summed E-state index contributed by atoms with van der Waals surface area (Å²) < 4.78 is 5.29. The van der Waals surface area contributed by atoms with Gasteiger partial charge >= 0.3 is 5.97 Å². The molecule has 1 saturated carbocycles. The summed E-state index contributed by atoms with van der Waals surface area (Å²) in [7, 11) is 1.69. The first-order valence-corrected chi connectivity index (χ1v) is 4.68. The number of rotatable bonds is 3. The summed E-state index contributed by atoms with van der Waals surface area (Å²) >= 11 is 0. The summed E-state index contributed by atoms with van der Waals surface area (Å²) in [6.07, 6.45) is 7.65. The van der Waals surface area contributed by atoms with Crippen LogP contribution in [0.4, 0.5) is 0 Å². The van der Waals surface area contributed by atoms with Crippen molar-refractivity contribution < 1.29 is 14.6 Å². The monoisotopic (exact) mass is 184 g/mol. The van der Waals surface area contributed by atoms with Crippen LogP contribution in [0.25, 0.3) is 0 Å². The molecule has 0 radical (unpaired) electrons. The maximum Gasteiger partial charge on any atom is 0.327 e. The van der Waals surface area contributed by atoms with Gasteiger partial charge < -0.3 is 9.84 Å². The van der Waals surface area contributed by atoms with Crippen LogP contribution in [0.1, 0.15) is 25.7 Å². The maximum absolute atomic E-state index is 10.3. The molecule has 3 heteroatoms. The van der Waals surface area contributed by atoms with Crippen LogP contribution < -0.4 is 0 Å². The second-order valence-corrected chi connectivity index (χ2v) is 3.42. The van der Waals surface area contributed by atoms with E-state index in [1.165, 1.54) is 18.9 Å². The van der Waals surface area contributed by atoms with E-state index in [1.54, 1.807) is 13.2 Å². The van der Waals surface area contributed by atoms with Gasteiger partial charge in [-0.05, 0) is 12.8 Å². The molecule has 3 nitrogen and oxygen atoms in total. The smallest absolute Gasteiger partial charge is 0.327 e. The van der Waals surface area contributed by atoms with E-state index < -0.39 is 5.97 Å². The van der Waals surface area contributed by atoms with E-state index in [0.29, 0.717) is 0 Å². The Morgan fingerprint density at radius 3 is 2.77 bits per heavy atom. The second kappa shape index (κ2) is 5.02. The largest absolute Gasteiger partial charge is 0.478 e. The molecule has 0 saturated heterocycles. The van der Waals surface area contributed by atoms with Crippen LogP contribution >= 0.6 is 0 Å². The molecule has 74 valence electrons. The van der Waals surface area contributed by atoms with Gasteiger partial charge in [0.2, 0.25) is 0 Å². The molecular weight excluding hydrogens is 168 g/mol. The summed E-state index contributed by atoms with van der Waals surface area (Å²) in [4.78, 5) is 10.3. The summed E-state index contributed by atoms with van der Waals surface area (Å²) in [5, 5.41) is 8.48. The highest BCUT2D eigenvalue weighted by Gasteiger charge is 2.22. The van der Waals surface area contributed by atoms with Crippen molar-refractivity contribution in [1.29, 1.82) is 0 Å². The highest BCUT2D eigenvalue weighted by molar-refractivity contribution is 5.79. The molecule has 1 aliphatic carbocycles. The van der Waals surface area contributed by atoms with E-state index in [0.717, 1.165) is 12.8 Å². The molecule has 2 unspecified atom stereocenters. The lowest BCUT2D eigenvalue weighted by Gasteiger charge is -2.27. The summed E-state index contributed by atoms with van der Waals surface area (Å²) in [5.41, 5.74) is 0. The minimum atomic E-state index is -0.875. The lowest BCUT2D eigenvalue weighted by atomic mass is 9.86. The quantitative estimate of drug-likeness (QED) is 0.681. The van der Waals surface area contributed by atoms with Crippen molar-refractivity contribution in [2.45, 2.75) is 31.8 Å². The van der Waals surface area contributed by atoms with Crippen LogP contribution in [-0.4, -0.2) is 24.3 Å². The molecule has 1 aliphatic rings. The third kappa shape index (κ3) is 3.19. The van der Waals surface area contributed by atoms with Crippen molar-refractivity contribution in [3.63, 3.8) is 0 Å². The van der Waals surface area contributed by atoms with Crippen LogP contribution in [-0.2, 0) is 9.53 Å². The predicted octanol–water partition coefficient (Wildman–Crippen LogP) is 1.83. The molecule has 0 heterocycles. The van der Waals surface area contributed by atoms with Gasteiger partial charge in [-0.3, -0.25) is 0 Å². The third-order valence-electron chi connectivity index (χ3n) is 2.54. The third-order valence-corrected chi connectivity index (χ3v) is 2.54. The van der Waals surface area contributed by atoms with Crippen LogP contribution in [0, 0.1) is 5.92 Å². The molecule has 0 aromatic heterocycles. The zero-order valence-corrected chi connectivity index (χ0v) is 7.90. The van der Waals surface area contributed by atoms with Crippen molar-refractivity contribution >= 4 is 5.97 Å². The molecule has 1 rings (SSSR count). The van der Waals surface area contributed by atoms with Gasteiger partial charge in [-0.25, -0.2) is 4.79 Å². The molecule has 1 N–H and O–H groups in total. The van der Waals surface area contributed by atoms with Crippen molar-refractivity contribution in [1.82, 2.24) is 0 Å². The van der Waals surface area contributed by atoms with E-state index in [2.05, 4.69) is 0 Å². The van der Waals surface area contributed by atoms with Gasteiger partial charge in [-0.15, -0.1) is 0 Å². The average molecular weight is 184 g/mol. The molecular formula is C10H16O3. The Labute approximate surface area is 78.4 Å². The number of carboxylic acids is 1. The standard InChI is InChI=1S/C10H16O3/c1-13-9-5-3-2-4-8(9)6-7-10(11)12/h6-9H,2-5H2,1H3,(H,11,12)/b7-6-. The van der Waals surface area contributed by atoms with Crippen molar-refractivity contribution in [3.05, 3.63) is 12.2 Å². The number of ether oxygens (including phenoxy) is 1. The Hall–Kier alpha value is -0.830. The van der Waals surface area contributed by atoms with Crippen molar-refractivity contribution in [2.24, 2.45) is 5.92 Å². The molecule has 13 heavy (non-hydrogen) atoms. The molecule has 0 aliphatic heterocycles. The normalized spacial score (nSPS) is 29.3. The van der Waals surface area contributed by atoms with Gasteiger partial charge in [-0.2, -0.15) is 0 Å². The number of carbonyl (C=O) groups is 1. The minimum absolute atomic E-state index is 0.212. The Kier molecular flexibility index (Phi) is 3.96. The first-order valence-electron chi connectivity index (χ1n) is 4.68. The van der Waals surface area contributed by atoms with E-state index in [4.69, 9.17) is 9.84 Å². The van der Waals surface area contributed by atoms with Gasteiger partial charge in [0.25, 0.3) is 0 Å². The first kappa shape index (κ1) is 10.3. The second-order valence-electron chi connectivity index (χ2n) is 3.42. The fourth-order valence-corrected chi connectivity index (χ4v) is 1.84. The van der Waals surface area contributed by atoms with Crippen LogP contribution in [0.5, 0.6) is 0 Å². The Balaban J connectivity index is 2.49. The Morgan fingerprint density at radius 1 is 1.46 bits per heavy atom. The summed E-state index contributed by atoms with van der Waals surface area (Å²) in [6, 6.07) is 0. The molecule has 0 spiro atoms. The molecule has 1 fully saturated rings. The van der Waals surface area contributed by atoms with Crippen LogP contribution in [0.3, 0.4) is 0 Å². The summed E-state index contributed by atoms with van der Waals surface area (Å²) in [6.45, 7) is 0. The SMILES string of the molecule is COC1CCCCC1/C=C\C(=O)O. The molecule has 2 atom stereocenters. The number of hydrogen-bond donors (Lipinski definition) is 1. The first-order chi connectivity index (χ1) is 6.24. The fraction of sp³-hybridized carbons (Fsp3) is 0.700. The Bertz CT molecular complexity index is 198. The molecule has 0 bridgehead atoms. The number of aliphatic carboxylic acids is 1. The fourth-order valence-electron chi connectivity index (χ4n) is 1.84. The van der Waals surface area contributed by atoms with E-state index in [-0.39, 0.29) is 12.0 Å². The lowest BCUT2D eigenvalue weighted by Crippen LogP contribution is -2.25. The highest BCUT2D eigenvalue weighted by atomic mass is 16.5. The van der Waals surface area contributed by atoms with Crippen molar-refractivity contribution in [2.75, 3.05) is 7.11 Å². The van der Waals surface area contributed by atoms with E-state index >= 15 is 0 Å². The van der Waals surface area contributed by atoms with Gasteiger partial charge in [0.15, 0.2) is 0 Å². The number of hydrogen-bond acceptors (Lipinski definition) is 2. The van der Waals surface area contributed by atoms with Crippen molar-refractivity contribution in [3.8, 4) is 0 Å². The molecule has 0 amide bonds. The van der Waals surface area contributed by atoms with Gasteiger partial charge in [0, 0.05) is 19.1 Å². The van der Waals surface area contributed by atoms with Crippen LogP contribution in [0.2, 0.25) is 0 Å². The zero-order chi connectivity index (χ0) is 9.68. The molecule has 0 aromatic rings. The Morgan fingerprint density at radius 2 is 2.15 bits per heavy atom. The summed E-state index contributed by atoms with van der Waals surface area (Å²) in [5.74, 6) is -0.588. The van der Waals surface area contributed by atoms with E-state index in [9.17, 15) is 4.79 Å². The number of carboxylic acid groups (broad SMARTS) is 1. The average Bonchev–Trinajstić information content (AvgIpc) is 2.15. The topological polar surface area (TPSA) is 46.5 Å². The van der Waals surface area contributed by atoms with E-state index in [1.807, 2.05) is 0 Å². The van der Waals surface area contributed by atoms with Gasteiger partial charge in [0.1, 0.15) is 0 Å². The predicted molar refractivity (Wildman–Crippen MR) is 49.5 cm³/mol. The number of methoxy groups -OCH3 is 1. The highest BCUT2D eigenvalue weighted by Crippen LogP contribution is 2.27. The van der Waals surface area contributed by atoms with Gasteiger partial charge in [0.05, 0.1) is 6.10 Å². The maximum atomic E-state index is 10.3. The zero-order valence-electron chi connectivity index (χ0n) is 7.90. The lowest BCUT2D eigenvalue weighted by molar-refractivity contribution is -0.131. The minimum Gasteiger partial charge on any atom is -0.478 e. The molecule has 0 aromatic carbocycles. The van der Waals surface area contributed by atoms with Gasteiger partial charge in [-0.1, -0.05) is 18.9 Å². The van der Waals surface area contributed by atoms with Crippen LogP contribution in [0.15, 0.2) is 12.2 Å².